The average molecular weight is 380 g/mol. The molecule has 0 spiro atoms. The van der Waals surface area contributed by atoms with Gasteiger partial charge in [0, 0.05) is 45.0 Å². The molecule has 1 aromatic heterocycles. The lowest BCUT2D eigenvalue weighted by Gasteiger charge is -2.32. The van der Waals surface area contributed by atoms with Crippen molar-refractivity contribution in [1.82, 2.24) is 20.5 Å². The van der Waals surface area contributed by atoms with Gasteiger partial charge in [0.25, 0.3) is 0 Å². The largest absolute Gasteiger partial charge is 0.357 e. The molecule has 1 aliphatic rings. The van der Waals surface area contributed by atoms with Crippen LogP contribution in [0.25, 0.3) is 0 Å². The van der Waals surface area contributed by atoms with E-state index in [-0.39, 0.29) is 0 Å². The minimum Gasteiger partial charge on any atom is -0.357 e. The second kappa shape index (κ2) is 10.8. The molecular formula is C23H33N5. The maximum absolute atomic E-state index is 4.78. The molecule has 0 saturated carbocycles. The van der Waals surface area contributed by atoms with Crippen molar-refractivity contribution in [2.75, 3.05) is 26.2 Å². The van der Waals surface area contributed by atoms with Gasteiger partial charge in [0.05, 0.1) is 5.69 Å². The van der Waals surface area contributed by atoms with Gasteiger partial charge in [-0.25, -0.2) is 0 Å². The van der Waals surface area contributed by atoms with Crippen LogP contribution in [0.5, 0.6) is 0 Å². The van der Waals surface area contributed by atoms with E-state index in [9.17, 15) is 0 Å². The normalized spacial score (nSPS) is 16.1. The van der Waals surface area contributed by atoms with Crippen molar-refractivity contribution in [3.63, 3.8) is 0 Å². The lowest BCUT2D eigenvalue weighted by Crippen LogP contribution is -2.48. The molecule has 150 valence electrons. The second-order valence-electron chi connectivity index (χ2n) is 7.51. The highest BCUT2D eigenvalue weighted by Gasteiger charge is 2.20. The van der Waals surface area contributed by atoms with Crippen LogP contribution in [0.1, 0.15) is 36.6 Å². The van der Waals surface area contributed by atoms with E-state index in [1.54, 1.807) is 0 Å². The van der Waals surface area contributed by atoms with Gasteiger partial charge in [-0.3, -0.25) is 14.9 Å². The number of rotatable bonds is 7. The summed E-state index contributed by atoms with van der Waals surface area (Å²) in [6.07, 6.45) is 5.11. The van der Waals surface area contributed by atoms with Gasteiger partial charge < -0.3 is 10.6 Å². The quantitative estimate of drug-likeness (QED) is 0.573. The van der Waals surface area contributed by atoms with Crippen molar-refractivity contribution in [2.45, 2.75) is 45.7 Å². The number of aryl methyl sites for hydroxylation is 1. The highest BCUT2D eigenvalue weighted by Crippen LogP contribution is 2.13. The van der Waals surface area contributed by atoms with Gasteiger partial charge >= 0.3 is 0 Å². The Morgan fingerprint density at radius 1 is 1.14 bits per heavy atom. The number of hydrogen-bond donors (Lipinski definition) is 2. The van der Waals surface area contributed by atoms with Crippen molar-refractivity contribution in [2.24, 2.45) is 4.99 Å². The van der Waals surface area contributed by atoms with Gasteiger partial charge in [-0.1, -0.05) is 35.9 Å². The van der Waals surface area contributed by atoms with Gasteiger partial charge in [-0.2, -0.15) is 0 Å². The third-order valence-electron chi connectivity index (χ3n) is 5.18. The van der Waals surface area contributed by atoms with E-state index >= 15 is 0 Å². The summed E-state index contributed by atoms with van der Waals surface area (Å²) >= 11 is 0. The Morgan fingerprint density at radius 2 is 1.93 bits per heavy atom. The molecule has 0 unspecified atom stereocenters. The summed E-state index contributed by atoms with van der Waals surface area (Å²) in [6, 6.07) is 15.4. The molecule has 0 bridgehead atoms. The third-order valence-corrected chi connectivity index (χ3v) is 5.18. The second-order valence-corrected chi connectivity index (χ2v) is 7.51. The first-order valence-electron chi connectivity index (χ1n) is 10.5. The van der Waals surface area contributed by atoms with E-state index < -0.39 is 0 Å². The summed E-state index contributed by atoms with van der Waals surface area (Å²) < 4.78 is 0. The number of nitrogens with one attached hydrogen (secondary N) is 2. The number of pyridine rings is 1. The lowest BCUT2D eigenvalue weighted by atomic mass is 10.0. The van der Waals surface area contributed by atoms with Crippen molar-refractivity contribution in [1.29, 1.82) is 0 Å². The van der Waals surface area contributed by atoms with Crippen LogP contribution in [-0.2, 0) is 13.0 Å². The molecular weight excluding hydrogens is 346 g/mol. The van der Waals surface area contributed by atoms with Gasteiger partial charge in [0.2, 0.25) is 0 Å². The topological polar surface area (TPSA) is 52.6 Å². The van der Waals surface area contributed by atoms with Crippen LogP contribution in [0.2, 0.25) is 0 Å². The fourth-order valence-corrected chi connectivity index (χ4v) is 3.52. The van der Waals surface area contributed by atoms with E-state index in [2.05, 4.69) is 70.8 Å². The number of piperidine rings is 1. The fraction of sp³-hybridized carbons (Fsp3) is 0.478. The first-order valence-corrected chi connectivity index (χ1v) is 10.5. The molecule has 1 aliphatic heterocycles. The molecule has 1 saturated heterocycles. The molecule has 1 aromatic carbocycles. The SMILES string of the molecule is CCNC(=NCCc1ccc(C)cc1)NC1CCN(Cc2ccccn2)CC1. The van der Waals surface area contributed by atoms with Gasteiger partial charge in [0.1, 0.15) is 0 Å². The van der Waals surface area contributed by atoms with Crippen LogP contribution in [0.15, 0.2) is 53.7 Å². The first-order chi connectivity index (χ1) is 13.7. The zero-order valence-corrected chi connectivity index (χ0v) is 17.2. The summed E-state index contributed by atoms with van der Waals surface area (Å²) in [5.74, 6) is 0.942. The molecule has 0 amide bonds. The van der Waals surface area contributed by atoms with E-state index in [0.717, 1.165) is 63.6 Å². The summed E-state index contributed by atoms with van der Waals surface area (Å²) in [5, 5.41) is 7.02. The minimum atomic E-state index is 0.483. The molecule has 2 heterocycles. The molecule has 0 radical (unpaired) electrons. The third kappa shape index (κ3) is 6.64. The highest BCUT2D eigenvalue weighted by atomic mass is 15.2. The van der Waals surface area contributed by atoms with Gasteiger partial charge in [-0.05, 0) is 50.8 Å². The van der Waals surface area contributed by atoms with Crippen LogP contribution in [0, 0.1) is 6.92 Å². The maximum atomic E-state index is 4.78. The first kappa shape index (κ1) is 20.3. The summed E-state index contributed by atoms with van der Waals surface area (Å²) in [4.78, 5) is 11.7. The standard InChI is InChI=1S/C23H33N5/c1-3-24-23(26-15-11-20-9-7-19(2)8-10-20)27-21-12-16-28(17-13-21)18-22-6-4-5-14-25-22/h4-10,14,21H,3,11-13,15-18H2,1-2H3,(H2,24,26,27). The predicted octanol–water partition coefficient (Wildman–Crippen LogP) is 3.15. The zero-order valence-electron chi connectivity index (χ0n) is 17.2. The van der Waals surface area contributed by atoms with Gasteiger partial charge in [0.15, 0.2) is 5.96 Å². The fourth-order valence-electron chi connectivity index (χ4n) is 3.52. The monoisotopic (exact) mass is 379 g/mol. The van der Waals surface area contributed by atoms with Crippen LogP contribution in [-0.4, -0.2) is 48.1 Å². The Hall–Kier alpha value is -2.40. The van der Waals surface area contributed by atoms with Crippen LogP contribution in [0.4, 0.5) is 0 Å². The number of guanidine groups is 1. The summed E-state index contributed by atoms with van der Waals surface area (Å²) in [5.41, 5.74) is 3.80. The number of aromatic nitrogens is 1. The molecule has 0 aliphatic carbocycles. The van der Waals surface area contributed by atoms with Crippen LogP contribution < -0.4 is 10.6 Å². The predicted molar refractivity (Wildman–Crippen MR) is 117 cm³/mol. The Balaban J connectivity index is 1.44. The Labute approximate surface area is 169 Å². The van der Waals surface area contributed by atoms with Crippen LogP contribution >= 0.6 is 0 Å². The Kier molecular flexibility index (Phi) is 7.85. The van der Waals surface area contributed by atoms with Gasteiger partial charge in [-0.15, -0.1) is 0 Å². The molecule has 1 fully saturated rings. The molecule has 5 heteroatoms. The van der Waals surface area contributed by atoms with E-state index in [1.165, 1.54) is 11.1 Å². The van der Waals surface area contributed by atoms with Crippen molar-refractivity contribution >= 4 is 5.96 Å². The Bertz CT molecular complexity index is 718. The van der Waals surface area contributed by atoms with Crippen LogP contribution in [0.3, 0.4) is 0 Å². The number of benzene rings is 1. The average Bonchev–Trinajstić information content (AvgIpc) is 2.72. The molecule has 0 atom stereocenters. The van der Waals surface area contributed by atoms with Crippen molar-refractivity contribution in [3.8, 4) is 0 Å². The summed E-state index contributed by atoms with van der Waals surface area (Å²) in [7, 11) is 0. The summed E-state index contributed by atoms with van der Waals surface area (Å²) in [6.45, 7) is 9.06. The maximum Gasteiger partial charge on any atom is 0.191 e. The molecule has 2 aromatic rings. The highest BCUT2D eigenvalue weighted by molar-refractivity contribution is 5.80. The molecule has 2 N–H and O–H groups in total. The lowest BCUT2D eigenvalue weighted by molar-refractivity contribution is 0.196. The van der Waals surface area contributed by atoms with Crippen molar-refractivity contribution < 1.29 is 0 Å². The number of hydrogen-bond acceptors (Lipinski definition) is 3. The Morgan fingerprint density at radius 3 is 2.61 bits per heavy atom. The smallest absolute Gasteiger partial charge is 0.191 e. The van der Waals surface area contributed by atoms with E-state index in [4.69, 9.17) is 4.99 Å². The number of nitrogens with zero attached hydrogens (tertiary/aromatic N) is 3. The number of likely N-dealkylation sites (tertiary alicyclic amines) is 1. The zero-order chi connectivity index (χ0) is 19.6. The molecule has 3 rings (SSSR count). The van der Waals surface area contributed by atoms with Crippen molar-refractivity contribution in [3.05, 3.63) is 65.5 Å². The molecule has 5 nitrogen and oxygen atoms in total. The molecule has 28 heavy (non-hydrogen) atoms. The number of aliphatic imine (C=N–C) groups is 1. The minimum absolute atomic E-state index is 0.483. The van der Waals surface area contributed by atoms with E-state index in [1.807, 2.05) is 12.3 Å². The van der Waals surface area contributed by atoms with E-state index in [0.29, 0.717) is 6.04 Å².